The van der Waals surface area contributed by atoms with Crippen molar-refractivity contribution < 1.29 is 9.53 Å². The minimum absolute atomic E-state index is 0.283. The van der Waals surface area contributed by atoms with Crippen LogP contribution in [0.25, 0.3) is 16.5 Å². The molecule has 4 aromatic carbocycles. The second-order valence-electron chi connectivity index (χ2n) is 14.3. The zero-order valence-electron chi connectivity index (χ0n) is 31.5. The summed E-state index contributed by atoms with van der Waals surface area (Å²) in [7, 11) is 0. The molecule has 1 unspecified atom stereocenters. The molecule has 5 aromatic rings. The molecule has 6 rings (SSSR count). The molecule has 0 radical (unpaired) electrons. The van der Waals surface area contributed by atoms with Crippen LogP contribution in [-0.2, 0) is 23.3 Å². The third-order valence-electron chi connectivity index (χ3n) is 10.7. The molecule has 0 amide bonds. The SMILES string of the molecule is CCCCc1ccc(/C(=C\C2(c3ccc(N(CCCC)CCCC)cc3)OC(=O)c3ccccc32)c2c(C)n(CCCC)c3ccccc23)cc1. The normalized spacial score (nSPS) is 15.7. The summed E-state index contributed by atoms with van der Waals surface area (Å²) in [5, 5.41) is 1.22. The average Bonchev–Trinajstić information content (AvgIpc) is 3.62. The highest BCUT2D eigenvalue weighted by Crippen LogP contribution is 2.47. The van der Waals surface area contributed by atoms with Gasteiger partial charge in [-0.3, -0.25) is 0 Å². The molecule has 1 atom stereocenters. The number of unbranched alkanes of at least 4 members (excludes halogenated alkanes) is 4. The van der Waals surface area contributed by atoms with Crippen molar-refractivity contribution >= 4 is 28.1 Å². The van der Waals surface area contributed by atoms with E-state index < -0.39 is 5.60 Å². The number of rotatable bonds is 17. The molecule has 2 heterocycles. The Labute approximate surface area is 306 Å². The number of carbonyl (C=O) groups is 1. The van der Waals surface area contributed by atoms with E-state index in [1.165, 1.54) is 46.3 Å². The first-order chi connectivity index (χ1) is 24.9. The fourth-order valence-corrected chi connectivity index (χ4v) is 7.74. The van der Waals surface area contributed by atoms with Gasteiger partial charge < -0.3 is 14.2 Å². The first-order valence-corrected chi connectivity index (χ1v) is 19.5. The van der Waals surface area contributed by atoms with Crippen LogP contribution < -0.4 is 4.90 Å². The summed E-state index contributed by atoms with van der Waals surface area (Å²) in [6.07, 6.45) is 12.6. The highest BCUT2D eigenvalue weighted by atomic mass is 16.6. The summed E-state index contributed by atoms with van der Waals surface area (Å²) in [6, 6.07) is 34.7. The smallest absolute Gasteiger partial charge is 0.340 e. The molecule has 0 bridgehead atoms. The Morgan fingerprint density at radius 3 is 2.08 bits per heavy atom. The number of cyclic esters (lactones) is 1. The van der Waals surface area contributed by atoms with Crippen LogP contribution in [-0.4, -0.2) is 23.6 Å². The van der Waals surface area contributed by atoms with Crippen LogP contribution in [0.4, 0.5) is 5.69 Å². The van der Waals surface area contributed by atoms with Gasteiger partial charge in [-0.15, -0.1) is 0 Å². The average molecular weight is 681 g/mol. The fraction of sp³-hybridized carbons (Fsp3) is 0.383. The molecule has 1 aliphatic rings. The van der Waals surface area contributed by atoms with Crippen molar-refractivity contribution in [3.05, 3.63) is 142 Å². The number of ether oxygens (including phenoxy) is 1. The van der Waals surface area contributed by atoms with E-state index in [0.29, 0.717) is 5.56 Å². The van der Waals surface area contributed by atoms with Crippen molar-refractivity contribution in [2.45, 2.75) is 105 Å². The van der Waals surface area contributed by atoms with Gasteiger partial charge in [-0.1, -0.05) is 126 Å². The second-order valence-corrected chi connectivity index (χ2v) is 14.3. The van der Waals surface area contributed by atoms with Crippen LogP contribution in [0.2, 0.25) is 0 Å². The number of para-hydroxylation sites is 1. The maximum atomic E-state index is 13.8. The Hall–Kier alpha value is -4.57. The number of nitrogens with zero attached hydrogens (tertiary/aromatic N) is 2. The number of carbonyl (C=O) groups excluding carboxylic acids is 1. The van der Waals surface area contributed by atoms with Crippen molar-refractivity contribution in [3.63, 3.8) is 0 Å². The molecular weight excluding hydrogens is 625 g/mol. The summed E-state index contributed by atoms with van der Waals surface area (Å²) >= 11 is 0. The van der Waals surface area contributed by atoms with Crippen LogP contribution in [0, 0.1) is 6.92 Å². The molecule has 1 aliphatic heterocycles. The zero-order chi connectivity index (χ0) is 35.8. The summed E-state index contributed by atoms with van der Waals surface area (Å²) in [5.41, 5.74) is 9.82. The molecule has 4 heteroatoms. The Balaban J connectivity index is 1.59. The molecule has 0 fully saturated rings. The molecule has 4 nitrogen and oxygen atoms in total. The van der Waals surface area contributed by atoms with Crippen molar-refractivity contribution in [2.24, 2.45) is 0 Å². The van der Waals surface area contributed by atoms with E-state index >= 15 is 0 Å². The number of aryl methyl sites for hydroxylation is 2. The fourth-order valence-electron chi connectivity index (χ4n) is 7.74. The van der Waals surface area contributed by atoms with Gasteiger partial charge in [-0.25, -0.2) is 4.79 Å². The predicted octanol–water partition coefficient (Wildman–Crippen LogP) is 12.0. The molecular formula is C47H56N2O2. The lowest BCUT2D eigenvalue weighted by molar-refractivity contribution is 0.0276. The van der Waals surface area contributed by atoms with Crippen LogP contribution in [0.5, 0.6) is 0 Å². The minimum atomic E-state index is -1.10. The number of hydrogen-bond acceptors (Lipinski definition) is 3. The van der Waals surface area contributed by atoms with Crippen LogP contribution >= 0.6 is 0 Å². The highest BCUT2D eigenvalue weighted by Gasteiger charge is 2.46. The van der Waals surface area contributed by atoms with Gasteiger partial charge in [0, 0.05) is 58.6 Å². The first kappa shape index (κ1) is 36.2. The Bertz CT molecular complexity index is 1940. The third kappa shape index (κ3) is 7.42. The first-order valence-electron chi connectivity index (χ1n) is 19.5. The van der Waals surface area contributed by atoms with Crippen LogP contribution in [0.1, 0.15) is 123 Å². The van der Waals surface area contributed by atoms with Crippen LogP contribution in [0.15, 0.2) is 103 Å². The lowest BCUT2D eigenvalue weighted by atomic mass is 9.81. The summed E-state index contributed by atoms with van der Waals surface area (Å²) in [4.78, 5) is 16.3. The molecule has 1 aromatic heterocycles. The molecule has 0 saturated heterocycles. The van der Waals surface area contributed by atoms with Gasteiger partial charge in [-0.05, 0) is 86.1 Å². The molecule has 51 heavy (non-hydrogen) atoms. The molecule has 0 aliphatic carbocycles. The van der Waals surface area contributed by atoms with Gasteiger partial charge >= 0.3 is 5.97 Å². The lowest BCUT2D eigenvalue weighted by Crippen LogP contribution is -2.27. The molecule has 266 valence electrons. The van der Waals surface area contributed by atoms with Gasteiger partial charge in [0.1, 0.15) is 0 Å². The van der Waals surface area contributed by atoms with Gasteiger partial charge in [-0.2, -0.15) is 0 Å². The van der Waals surface area contributed by atoms with Crippen molar-refractivity contribution in [1.29, 1.82) is 0 Å². The molecule has 0 N–H and O–H groups in total. The largest absolute Gasteiger partial charge is 0.441 e. The highest BCUT2D eigenvalue weighted by molar-refractivity contribution is 6.01. The van der Waals surface area contributed by atoms with Gasteiger partial charge in [0.15, 0.2) is 5.60 Å². The predicted molar refractivity (Wildman–Crippen MR) is 215 cm³/mol. The van der Waals surface area contributed by atoms with E-state index in [1.807, 2.05) is 18.2 Å². The number of esters is 1. The number of aromatic nitrogens is 1. The number of anilines is 1. The topological polar surface area (TPSA) is 34.5 Å². The number of benzene rings is 4. The van der Waals surface area contributed by atoms with E-state index in [1.54, 1.807) is 0 Å². The summed E-state index contributed by atoms with van der Waals surface area (Å²) in [6.45, 7) is 14.3. The van der Waals surface area contributed by atoms with Crippen molar-refractivity contribution in [2.75, 3.05) is 18.0 Å². The number of hydrogen-bond donors (Lipinski definition) is 0. The van der Waals surface area contributed by atoms with Crippen molar-refractivity contribution in [3.8, 4) is 0 Å². The van der Waals surface area contributed by atoms with Gasteiger partial charge in [0.2, 0.25) is 0 Å². The monoisotopic (exact) mass is 680 g/mol. The second kappa shape index (κ2) is 16.6. The van der Waals surface area contributed by atoms with Gasteiger partial charge in [0.25, 0.3) is 0 Å². The maximum absolute atomic E-state index is 13.8. The van der Waals surface area contributed by atoms with E-state index in [2.05, 4.69) is 129 Å². The van der Waals surface area contributed by atoms with E-state index in [9.17, 15) is 4.79 Å². The Morgan fingerprint density at radius 1 is 0.745 bits per heavy atom. The number of fused-ring (bicyclic) bond motifs is 2. The van der Waals surface area contributed by atoms with E-state index in [0.717, 1.165) is 86.8 Å². The Kier molecular flexibility index (Phi) is 11.8. The molecule has 0 saturated carbocycles. The van der Waals surface area contributed by atoms with Crippen LogP contribution in [0.3, 0.4) is 0 Å². The molecule has 0 spiro atoms. The summed E-state index contributed by atoms with van der Waals surface area (Å²) in [5.74, 6) is -0.283. The standard InChI is InChI=1S/C47H56N2O2/c1-6-10-18-36-23-25-37(26-24-36)42(45-35(5)49(33-13-9-4)44-22-17-15-20-41(44)45)34-47(43-21-16-14-19-40(43)46(50)51-47)38-27-29-39(30-28-38)48(31-11-7-2)32-12-8-3/h14-17,19-30,34H,6-13,18,31-33H2,1-5H3/b42-34+. The van der Waals surface area contributed by atoms with Crippen molar-refractivity contribution in [1.82, 2.24) is 4.57 Å². The Morgan fingerprint density at radius 2 is 1.39 bits per heavy atom. The van der Waals surface area contributed by atoms with Gasteiger partial charge in [0.05, 0.1) is 5.56 Å². The quantitative estimate of drug-likeness (QED) is 0.0917. The minimum Gasteiger partial charge on any atom is -0.441 e. The van der Waals surface area contributed by atoms with E-state index in [4.69, 9.17) is 4.74 Å². The summed E-state index contributed by atoms with van der Waals surface area (Å²) < 4.78 is 9.15. The lowest BCUT2D eigenvalue weighted by Gasteiger charge is -2.30. The van der Waals surface area contributed by atoms with E-state index in [-0.39, 0.29) is 5.97 Å². The zero-order valence-corrected chi connectivity index (χ0v) is 31.5. The maximum Gasteiger partial charge on any atom is 0.340 e. The third-order valence-corrected chi connectivity index (χ3v) is 10.7.